The smallest absolute Gasteiger partial charge is 0.130 e. The van der Waals surface area contributed by atoms with Gasteiger partial charge in [0.25, 0.3) is 0 Å². The third-order valence-corrected chi connectivity index (χ3v) is 2.42. The average Bonchev–Trinajstić information content (AvgIpc) is 2.16. The van der Waals surface area contributed by atoms with Gasteiger partial charge >= 0.3 is 0 Å². The summed E-state index contributed by atoms with van der Waals surface area (Å²) in [5, 5.41) is 0. The van der Waals surface area contributed by atoms with Gasteiger partial charge in [-0.2, -0.15) is 0 Å². The number of thioether (sulfide) groups is 1. The first-order chi connectivity index (χ1) is 6.72. The molecule has 0 aliphatic carbocycles. The first kappa shape index (κ1) is 11.1. The predicted octanol–water partition coefficient (Wildman–Crippen LogP) is 2.76. The number of aldehydes is 1. The molecule has 0 saturated carbocycles. The fourth-order valence-corrected chi connectivity index (χ4v) is 1.61. The molecule has 76 valence electrons. The standard InChI is InChI=1S/C11H14O2S/c1-9(2)13-10-3-5-11(6-4-10)14-8-7-12/h3-7,9H,8H2,1-2H3. The maximum absolute atomic E-state index is 10.1. The summed E-state index contributed by atoms with van der Waals surface area (Å²) in [5.74, 6) is 1.38. The van der Waals surface area contributed by atoms with Crippen molar-refractivity contribution >= 4 is 18.0 Å². The van der Waals surface area contributed by atoms with E-state index in [1.807, 2.05) is 38.1 Å². The van der Waals surface area contributed by atoms with Crippen molar-refractivity contribution in [3.8, 4) is 5.75 Å². The van der Waals surface area contributed by atoms with Crippen LogP contribution < -0.4 is 4.74 Å². The van der Waals surface area contributed by atoms with Crippen LogP contribution in [0.3, 0.4) is 0 Å². The molecule has 0 fully saturated rings. The van der Waals surface area contributed by atoms with Crippen LogP contribution in [0.2, 0.25) is 0 Å². The van der Waals surface area contributed by atoms with Gasteiger partial charge in [0, 0.05) is 4.90 Å². The molecule has 0 heterocycles. The van der Waals surface area contributed by atoms with Crippen molar-refractivity contribution in [2.75, 3.05) is 5.75 Å². The van der Waals surface area contributed by atoms with Crippen LogP contribution in [-0.2, 0) is 4.79 Å². The van der Waals surface area contributed by atoms with Gasteiger partial charge in [-0.05, 0) is 38.1 Å². The Morgan fingerprint density at radius 1 is 1.36 bits per heavy atom. The second kappa shape index (κ2) is 5.70. The average molecular weight is 210 g/mol. The van der Waals surface area contributed by atoms with E-state index in [-0.39, 0.29) is 6.10 Å². The molecule has 0 unspecified atom stereocenters. The molecule has 0 N–H and O–H groups in total. The monoisotopic (exact) mass is 210 g/mol. The van der Waals surface area contributed by atoms with Crippen LogP contribution >= 0.6 is 11.8 Å². The highest BCUT2D eigenvalue weighted by Crippen LogP contribution is 2.21. The molecule has 1 aromatic carbocycles. The van der Waals surface area contributed by atoms with E-state index in [1.165, 1.54) is 11.8 Å². The molecule has 2 nitrogen and oxygen atoms in total. The fraction of sp³-hybridized carbons (Fsp3) is 0.364. The molecule has 0 spiro atoms. The number of benzene rings is 1. The highest BCUT2D eigenvalue weighted by Gasteiger charge is 1.97. The first-order valence-corrected chi connectivity index (χ1v) is 5.54. The largest absolute Gasteiger partial charge is 0.491 e. The molecule has 0 radical (unpaired) electrons. The Bertz CT molecular complexity index is 280. The Labute approximate surface area is 88.7 Å². The van der Waals surface area contributed by atoms with Gasteiger partial charge in [-0.1, -0.05) is 0 Å². The van der Waals surface area contributed by atoms with Gasteiger partial charge in [0.1, 0.15) is 12.0 Å². The lowest BCUT2D eigenvalue weighted by Gasteiger charge is -2.09. The normalized spacial score (nSPS) is 10.2. The lowest BCUT2D eigenvalue weighted by Crippen LogP contribution is -2.05. The fourth-order valence-electron chi connectivity index (χ4n) is 1.02. The van der Waals surface area contributed by atoms with Crippen LogP contribution in [0.5, 0.6) is 5.75 Å². The van der Waals surface area contributed by atoms with Crippen molar-refractivity contribution in [2.45, 2.75) is 24.8 Å². The van der Waals surface area contributed by atoms with E-state index in [4.69, 9.17) is 4.74 Å². The number of rotatable bonds is 5. The quantitative estimate of drug-likeness (QED) is 0.552. The van der Waals surface area contributed by atoms with Gasteiger partial charge in [0.2, 0.25) is 0 Å². The Morgan fingerprint density at radius 3 is 2.50 bits per heavy atom. The minimum Gasteiger partial charge on any atom is -0.491 e. The first-order valence-electron chi connectivity index (χ1n) is 4.55. The summed E-state index contributed by atoms with van der Waals surface area (Å²) in [7, 11) is 0. The number of hydrogen-bond donors (Lipinski definition) is 0. The molecule has 0 bridgehead atoms. The van der Waals surface area contributed by atoms with E-state index >= 15 is 0 Å². The van der Waals surface area contributed by atoms with E-state index in [2.05, 4.69) is 0 Å². The molecule has 3 heteroatoms. The molecular weight excluding hydrogens is 196 g/mol. The zero-order valence-corrected chi connectivity index (χ0v) is 9.21. The van der Waals surface area contributed by atoms with Gasteiger partial charge < -0.3 is 9.53 Å². The molecule has 0 aliphatic heterocycles. The van der Waals surface area contributed by atoms with Gasteiger partial charge in [-0.3, -0.25) is 0 Å². The predicted molar refractivity (Wildman–Crippen MR) is 59.0 cm³/mol. The maximum atomic E-state index is 10.1. The van der Waals surface area contributed by atoms with Crippen LogP contribution in [0, 0.1) is 0 Å². The number of carbonyl (C=O) groups is 1. The summed E-state index contributed by atoms with van der Waals surface area (Å²) in [5.41, 5.74) is 0. The van der Waals surface area contributed by atoms with Crippen molar-refractivity contribution in [1.29, 1.82) is 0 Å². The SMILES string of the molecule is CC(C)Oc1ccc(SCC=O)cc1. The van der Waals surface area contributed by atoms with E-state index in [0.29, 0.717) is 5.75 Å². The number of hydrogen-bond acceptors (Lipinski definition) is 3. The van der Waals surface area contributed by atoms with Gasteiger partial charge in [-0.15, -0.1) is 11.8 Å². The second-order valence-corrected chi connectivity index (χ2v) is 4.21. The zero-order valence-electron chi connectivity index (χ0n) is 8.40. The van der Waals surface area contributed by atoms with Crippen molar-refractivity contribution in [3.05, 3.63) is 24.3 Å². The summed E-state index contributed by atoms with van der Waals surface area (Å²) < 4.78 is 5.49. The lowest BCUT2D eigenvalue weighted by atomic mass is 10.3. The summed E-state index contributed by atoms with van der Waals surface area (Å²) in [6.07, 6.45) is 1.10. The van der Waals surface area contributed by atoms with Crippen LogP contribution in [0.15, 0.2) is 29.2 Å². The minimum atomic E-state index is 0.198. The molecule has 0 amide bonds. The van der Waals surface area contributed by atoms with Gasteiger partial charge in [0.05, 0.1) is 11.9 Å². The minimum absolute atomic E-state index is 0.198. The van der Waals surface area contributed by atoms with Gasteiger partial charge in [0.15, 0.2) is 0 Å². The van der Waals surface area contributed by atoms with E-state index in [1.54, 1.807) is 0 Å². The molecule has 14 heavy (non-hydrogen) atoms. The van der Waals surface area contributed by atoms with E-state index in [9.17, 15) is 4.79 Å². The van der Waals surface area contributed by atoms with Crippen molar-refractivity contribution in [3.63, 3.8) is 0 Å². The summed E-state index contributed by atoms with van der Waals surface area (Å²) in [4.78, 5) is 11.2. The number of ether oxygens (including phenoxy) is 1. The molecule has 1 aromatic rings. The molecule has 0 aromatic heterocycles. The summed E-state index contributed by atoms with van der Waals surface area (Å²) in [6.45, 7) is 3.99. The van der Waals surface area contributed by atoms with Crippen LogP contribution in [0.1, 0.15) is 13.8 Å². The van der Waals surface area contributed by atoms with Crippen LogP contribution in [0.25, 0.3) is 0 Å². The van der Waals surface area contributed by atoms with Crippen molar-refractivity contribution < 1.29 is 9.53 Å². The van der Waals surface area contributed by atoms with Crippen molar-refractivity contribution in [1.82, 2.24) is 0 Å². The van der Waals surface area contributed by atoms with Crippen LogP contribution in [0.4, 0.5) is 0 Å². The molecule has 1 rings (SSSR count). The molecule has 0 aliphatic rings. The second-order valence-electron chi connectivity index (χ2n) is 3.12. The maximum Gasteiger partial charge on any atom is 0.130 e. The van der Waals surface area contributed by atoms with Crippen molar-refractivity contribution in [2.24, 2.45) is 0 Å². The molecule has 0 atom stereocenters. The third kappa shape index (κ3) is 3.83. The molecule has 0 saturated heterocycles. The number of carbonyl (C=O) groups excluding carboxylic acids is 1. The third-order valence-electron chi connectivity index (χ3n) is 1.51. The Kier molecular flexibility index (Phi) is 4.53. The molecular formula is C11H14O2S. The highest BCUT2D eigenvalue weighted by atomic mass is 32.2. The zero-order chi connectivity index (χ0) is 10.4. The summed E-state index contributed by atoms with van der Waals surface area (Å²) >= 11 is 1.52. The van der Waals surface area contributed by atoms with E-state index < -0.39 is 0 Å². The van der Waals surface area contributed by atoms with Crippen LogP contribution in [-0.4, -0.2) is 18.1 Å². The summed E-state index contributed by atoms with van der Waals surface area (Å²) in [6, 6.07) is 7.78. The van der Waals surface area contributed by atoms with E-state index in [0.717, 1.165) is 16.9 Å². The Hall–Kier alpha value is -0.960. The Balaban J connectivity index is 2.54. The topological polar surface area (TPSA) is 26.3 Å². The Morgan fingerprint density at radius 2 is 2.00 bits per heavy atom. The van der Waals surface area contributed by atoms with Gasteiger partial charge in [-0.25, -0.2) is 0 Å². The highest BCUT2D eigenvalue weighted by molar-refractivity contribution is 7.99. The lowest BCUT2D eigenvalue weighted by molar-refractivity contribution is -0.105.